The number of hydrogen-bond acceptors (Lipinski definition) is 3. The Bertz CT molecular complexity index is 789. The van der Waals surface area contributed by atoms with Crippen LogP contribution in [0.4, 0.5) is 8.78 Å². The number of halogens is 2. The van der Waals surface area contributed by atoms with Crippen molar-refractivity contribution in [1.29, 1.82) is 0 Å². The van der Waals surface area contributed by atoms with Gasteiger partial charge in [-0.1, -0.05) is 20.8 Å². The first-order valence-electron chi connectivity index (χ1n) is 8.43. The average Bonchev–Trinajstić information content (AvgIpc) is 2.88. The van der Waals surface area contributed by atoms with Gasteiger partial charge in [0, 0.05) is 11.6 Å². The zero-order valence-corrected chi connectivity index (χ0v) is 15.4. The van der Waals surface area contributed by atoms with E-state index in [1.54, 1.807) is 0 Å². The van der Waals surface area contributed by atoms with Crippen LogP contribution in [0.25, 0.3) is 0 Å². The number of fused-ring (bicyclic) bond motifs is 2. The summed E-state index contributed by atoms with van der Waals surface area (Å²) in [6.45, 7) is 6.71. The molecule has 2 saturated carbocycles. The standard InChI is InChI=1S/C18H23F2NO3S/c1-17(2)12-8-9-18(17,3)14(10-12)21-15(22)11-4-6-13(7-5-11)25(23,24)16(19)20/h4-7,12,14,16H,8-10H2,1-3H3,(H,21,22)/t12-,14-,18+/m0/s1. The maximum atomic E-state index is 12.6. The number of rotatable bonds is 4. The third-order valence-electron chi connectivity index (χ3n) is 6.78. The topological polar surface area (TPSA) is 63.2 Å². The first kappa shape index (κ1) is 18.3. The van der Waals surface area contributed by atoms with Gasteiger partial charge < -0.3 is 5.32 Å². The number of benzene rings is 1. The maximum absolute atomic E-state index is 12.6. The Kier molecular flexibility index (Phi) is 4.21. The molecule has 2 fully saturated rings. The maximum Gasteiger partial charge on any atom is 0.341 e. The van der Waals surface area contributed by atoms with Gasteiger partial charge in [-0.25, -0.2) is 8.42 Å². The van der Waals surface area contributed by atoms with E-state index >= 15 is 0 Å². The predicted octanol–water partition coefficient (Wildman–Crippen LogP) is 3.63. The molecule has 138 valence electrons. The number of nitrogens with one attached hydrogen (secondary N) is 1. The van der Waals surface area contributed by atoms with Gasteiger partial charge in [-0.05, 0) is 60.3 Å². The minimum absolute atomic E-state index is 0.0340. The van der Waals surface area contributed by atoms with E-state index in [1.807, 2.05) is 0 Å². The fourth-order valence-corrected chi connectivity index (χ4v) is 5.28. The van der Waals surface area contributed by atoms with Crippen LogP contribution in [0.3, 0.4) is 0 Å². The van der Waals surface area contributed by atoms with Gasteiger partial charge in [-0.2, -0.15) is 8.78 Å². The van der Waals surface area contributed by atoms with Crippen LogP contribution in [0.1, 0.15) is 50.4 Å². The molecule has 1 aromatic carbocycles. The minimum atomic E-state index is -4.64. The Morgan fingerprint density at radius 2 is 1.80 bits per heavy atom. The Morgan fingerprint density at radius 1 is 1.20 bits per heavy atom. The molecule has 2 aliphatic rings. The first-order chi connectivity index (χ1) is 11.5. The predicted molar refractivity (Wildman–Crippen MR) is 90.1 cm³/mol. The van der Waals surface area contributed by atoms with Crippen LogP contribution in [0.15, 0.2) is 29.2 Å². The van der Waals surface area contributed by atoms with Crippen molar-refractivity contribution >= 4 is 15.7 Å². The van der Waals surface area contributed by atoms with E-state index in [0.29, 0.717) is 5.92 Å². The summed E-state index contributed by atoms with van der Waals surface area (Å²) < 4.78 is 48.0. The highest BCUT2D eigenvalue weighted by atomic mass is 32.2. The normalized spacial score (nSPS) is 30.6. The number of carbonyl (C=O) groups is 1. The molecule has 2 aliphatic carbocycles. The van der Waals surface area contributed by atoms with E-state index in [1.165, 1.54) is 18.6 Å². The van der Waals surface area contributed by atoms with Gasteiger partial charge in [0.1, 0.15) is 0 Å². The van der Waals surface area contributed by atoms with E-state index in [-0.39, 0.29) is 28.3 Å². The first-order valence-corrected chi connectivity index (χ1v) is 9.98. The molecule has 0 radical (unpaired) electrons. The molecule has 0 saturated heterocycles. The van der Waals surface area contributed by atoms with Crippen molar-refractivity contribution < 1.29 is 22.0 Å². The van der Waals surface area contributed by atoms with Crippen LogP contribution < -0.4 is 5.32 Å². The second-order valence-electron chi connectivity index (χ2n) is 7.97. The van der Waals surface area contributed by atoms with E-state index < -0.39 is 20.5 Å². The molecule has 3 rings (SSSR count). The zero-order chi connectivity index (χ0) is 18.6. The van der Waals surface area contributed by atoms with Crippen molar-refractivity contribution in [2.75, 3.05) is 0 Å². The molecule has 4 nitrogen and oxygen atoms in total. The molecule has 1 amide bonds. The molecular weight excluding hydrogens is 348 g/mol. The third kappa shape index (κ3) is 2.67. The highest BCUT2D eigenvalue weighted by Crippen LogP contribution is 2.65. The molecule has 0 aromatic heterocycles. The smallest absolute Gasteiger partial charge is 0.341 e. The fourth-order valence-electron chi connectivity index (χ4n) is 4.56. The summed E-state index contributed by atoms with van der Waals surface area (Å²) in [5.41, 5.74) is 0.476. The summed E-state index contributed by atoms with van der Waals surface area (Å²) in [6, 6.07) is 4.75. The van der Waals surface area contributed by atoms with Crippen molar-refractivity contribution in [1.82, 2.24) is 5.32 Å². The summed E-state index contributed by atoms with van der Waals surface area (Å²) >= 11 is 0. The average molecular weight is 371 g/mol. The molecule has 7 heteroatoms. The van der Waals surface area contributed by atoms with Crippen LogP contribution >= 0.6 is 0 Å². The second kappa shape index (κ2) is 5.76. The quantitative estimate of drug-likeness (QED) is 0.879. The van der Waals surface area contributed by atoms with Gasteiger partial charge >= 0.3 is 5.76 Å². The highest BCUT2D eigenvalue weighted by molar-refractivity contribution is 7.91. The molecule has 2 bridgehead atoms. The Labute approximate surface area is 146 Å². The minimum Gasteiger partial charge on any atom is -0.349 e. The van der Waals surface area contributed by atoms with E-state index in [9.17, 15) is 22.0 Å². The zero-order valence-electron chi connectivity index (χ0n) is 14.6. The Hall–Kier alpha value is -1.50. The van der Waals surface area contributed by atoms with E-state index in [0.717, 1.165) is 25.0 Å². The summed E-state index contributed by atoms with van der Waals surface area (Å²) in [4.78, 5) is 12.0. The lowest BCUT2D eigenvalue weighted by Crippen LogP contribution is -2.46. The number of hydrogen-bond donors (Lipinski definition) is 1. The molecule has 0 unspecified atom stereocenters. The van der Waals surface area contributed by atoms with Gasteiger partial charge in [0.15, 0.2) is 0 Å². The number of sulfone groups is 1. The second-order valence-corrected chi connectivity index (χ2v) is 9.88. The Balaban J connectivity index is 1.75. The lowest BCUT2D eigenvalue weighted by molar-refractivity contribution is 0.0826. The molecular formula is C18H23F2NO3S. The van der Waals surface area contributed by atoms with Crippen LogP contribution in [0, 0.1) is 16.7 Å². The monoisotopic (exact) mass is 371 g/mol. The summed E-state index contributed by atoms with van der Waals surface area (Å²) in [5.74, 6) is -3.18. The van der Waals surface area contributed by atoms with Crippen LogP contribution in [-0.4, -0.2) is 26.1 Å². The summed E-state index contributed by atoms with van der Waals surface area (Å²) in [7, 11) is -4.64. The third-order valence-corrected chi connectivity index (χ3v) is 8.18. The number of carbonyl (C=O) groups excluding carboxylic acids is 1. The summed E-state index contributed by atoms with van der Waals surface area (Å²) in [5, 5.41) is 3.07. The van der Waals surface area contributed by atoms with Gasteiger partial charge in [0.2, 0.25) is 9.84 Å². The van der Waals surface area contributed by atoms with Crippen molar-refractivity contribution in [3.63, 3.8) is 0 Å². The summed E-state index contributed by atoms with van der Waals surface area (Å²) in [6.07, 6.45) is 3.18. The van der Waals surface area contributed by atoms with E-state index in [4.69, 9.17) is 0 Å². The number of alkyl halides is 2. The van der Waals surface area contributed by atoms with E-state index in [2.05, 4.69) is 26.1 Å². The molecule has 3 atom stereocenters. The molecule has 1 N–H and O–H groups in total. The van der Waals surface area contributed by atoms with Crippen LogP contribution in [0.5, 0.6) is 0 Å². The lowest BCUT2D eigenvalue weighted by atomic mass is 9.69. The number of amides is 1. The van der Waals surface area contributed by atoms with Crippen molar-refractivity contribution in [2.45, 2.75) is 56.7 Å². The highest BCUT2D eigenvalue weighted by Gasteiger charge is 2.61. The van der Waals surface area contributed by atoms with Crippen molar-refractivity contribution in [2.24, 2.45) is 16.7 Å². The lowest BCUT2D eigenvalue weighted by Gasteiger charge is -2.39. The SMILES string of the molecule is CC1(C)[C@H]2CC[C@]1(C)[C@@H](NC(=O)c1ccc(S(=O)(=O)C(F)F)cc1)C2. The molecule has 0 spiro atoms. The van der Waals surface area contributed by atoms with Crippen molar-refractivity contribution in [3.8, 4) is 0 Å². The van der Waals surface area contributed by atoms with Gasteiger partial charge in [-0.15, -0.1) is 0 Å². The molecule has 0 heterocycles. The van der Waals surface area contributed by atoms with Gasteiger partial charge in [0.05, 0.1) is 4.90 Å². The van der Waals surface area contributed by atoms with Gasteiger partial charge in [-0.3, -0.25) is 4.79 Å². The fraction of sp³-hybridized carbons (Fsp3) is 0.611. The molecule has 25 heavy (non-hydrogen) atoms. The largest absolute Gasteiger partial charge is 0.349 e. The Morgan fingerprint density at radius 3 is 2.24 bits per heavy atom. The molecule has 1 aromatic rings. The van der Waals surface area contributed by atoms with Crippen molar-refractivity contribution in [3.05, 3.63) is 29.8 Å². The van der Waals surface area contributed by atoms with Gasteiger partial charge in [0.25, 0.3) is 5.91 Å². The van der Waals surface area contributed by atoms with Crippen LogP contribution in [-0.2, 0) is 9.84 Å². The van der Waals surface area contributed by atoms with Crippen LogP contribution in [0.2, 0.25) is 0 Å². The molecule has 0 aliphatic heterocycles.